The van der Waals surface area contributed by atoms with Crippen LogP contribution < -0.4 is 0 Å². The SMILES string of the molecule is Cc1cccc(C(=O)CC(C(=O)O)C(=CC2CCCC2)C(=O)O)c1. The Morgan fingerprint density at radius 3 is 2.42 bits per heavy atom. The van der Waals surface area contributed by atoms with Crippen LogP contribution in [0.2, 0.25) is 0 Å². The molecule has 0 heterocycles. The largest absolute Gasteiger partial charge is 0.481 e. The minimum absolute atomic E-state index is 0.0898. The van der Waals surface area contributed by atoms with Gasteiger partial charge < -0.3 is 10.2 Å². The molecular weight excluding hydrogens is 308 g/mol. The van der Waals surface area contributed by atoms with E-state index in [-0.39, 0.29) is 23.7 Å². The molecule has 0 spiro atoms. The topological polar surface area (TPSA) is 91.7 Å². The molecule has 0 aromatic heterocycles. The van der Waals surface area contributed by atoms with Crippen molar-refractivity contribution in [3.05, 3.63) is 47.0 Å². The highest BCUT2D eigenvalue weighted by Gasteiger charge is 2.31. The van der Waals surface area contributed by atoms with Crippen molar-refractivity contribution in [1.82, 2.24) is 0 Å². The van der Waals surface area contributed by atoms with E-state index in [4.69, 9.17) is 0 Å². The van der Waals surface area contributed by atoms with Gasteiger partial charge in [-0.1, -0.05) is 42.7 Å². The van der Waals surface area contributed by atoms with E-state index in [1.165, 1.54) is 0 Å². The number of carbonyl (C=O) groups is 3. The Labute approximate surface area is 141 Å². The molecule has 1 atom stereocenters. The first-order valence-electron chi connectivity index (χ1n) is 8.16. The lowest BCUT2D eigenvalue weighted by Crippen LogP contribution is -2.25. The van der Waals surface area contributed by atoms with Crippen molar-refractivity contribution in [1.29, 1.82) is 0 Å². The first kappa shape index (κ1) is 17.9. The number of rotatable bonds is 7. The van der Waals surface area contributed by atoms with Crippen molar-refractivity contribution < 1.29 is 24.6 Å². The monoisotopic (exact) mass is 330 g/mol. The number of carboxylic acids is 2. The highest BCUT2D eigenvalue weighted by atomic mass is 16.4. The Hall–Kier alpha value is -2.43. The summed E-state index contributed by atoms with van der Waals surface area (Å²) in [6.07, 6.45) is 4.99. The molecule has 1 saturated carbocycles. The predicted octanol–water partition coefficient (Wildman–Crippen LogP) is 3.47. The standard InChI is InChI=1S/C19H22O5/c1-12-5-4-8-14(9-12)17(20)11-16(19(23)24)15(18(21)22)10-13-6-2-3-7-13/h4-5,8-10,13,16H,2-3,6-7,11H2,1H3,(H,21,22)(H,23,24). The molecule has 0 radical (unpaired) electrons. The maximum Gasteiger partial charge on any atom is 0.332 e. The molecule has 1 aliphatic carbocycles. The molecule has 1 aromatic rings. The summed E-state index contributed by atoms with van der Waals surface area (Å²) in [5.74, 6) is -4.12. The Balaban J connectivity index is 2.24. The van der Waals surface area contributed by atoms with Gasteiger partial charge in [0.25, 0.3) is 0 Å². The average Bonchev–Trinajstić information content (AvgIpc) is 3.03. The smallest absolute Gasteiger partial charge is 0.332 e. The lowest BCUT2D eigenvalue weighted by Gasteiger charge is -2.15. The van der Waals surface area contributed by atoms with Gasteiger partial charge in [0.2, 0.25) is 0 Å². The van der Waals surface area contributed by atoms with E-state index in [1.54, 1.807) is 24.3 Å². The minimum Gasteiger partial charge on any atom is -0.481 e. The average molecular weight is 330 g/mol. The summed E-state index contributed by atoms with van der Waals surface area (Å²) < 4.78 is 0. The molecule has 2 rings (SSSR count). The summed E-state index contributed by atoms with van der Waals surface area (Å²) in [7, 11) is 0. The molecule has 2 N–H and O–H groups in total. The molecule has 5 nitrogen and oxygen atoms in total. The van der Waals surface area contributed by atoms with E-state index in [1.807, 2.05) is 13.0 Å². The third-order valence-electron chi connectivity index (χ3n) is 4.47. The summed E-state index contributed by atoms with van der Waals surface area (Å²) in [5.41, 5.74) is 1.13. The van der Waals surface area contributed by atoms with Gasteiger partial charge in [-0.25, -0.2) is 4.79 Å². The van der Waals surface area contributed by atoms with Gasteiger partial charge in [-0.2, -0.15) is 0 Å². The molecule has 5 heteroatoms. The van der Waals surface area contributed by atoms with Crippen LogP contribution in [0.4, 0.5) is 0 Å². The van der Waals surface area contributed by atoms with Gasteiger partial charge in [-0.05, 0) is 31.7 Å². The molecule has 24 heavy (non-hydrogen) atoms. The van der Waals surface area contributed by atoms with Gasteiger partial charge in [0.05, 0.1) is 5.92 Å². The molecule has 1 aliphatic rings. The second kappa shape index (κ2) is 7.90. The van der Waals surface area contributed by atoms with Crippen molar-refractivity contribution in [2.75, 3.05) is 0 Å². The highest BCUT2D eigenvalue weighted by Crippen LogP contribution is 2.29. The van der Waals surface area contributed by atoms with E-state index in [0.29, 0.717) is 5.56 Å². The van der Waals surface area contributed by atoms with Gasteiger partial charge in [0.1, 0.15) is 0 Å². The van der Waals surface area contributed by atoms with Crippen molar-refractivity contribution in [2.24, 2.45) is 11.8 Å². The maximum absolute atomic E-state index is 12.4. The summed E-state index contributed by atoms with van der Waals surface area (Å²) in [5, 5.41) is 18.9. The van der Waals surface area contributed by atoms with Crippen LogP contribution in [0, 0.1) is 18.8 Å². The molecule has 1 aromatic carbocycles. The maximum atomic E-state index is 12.4. The Bertz CT molecular complexity index is 668. The fourth-order valence-electron chi connectivity index (χ4n) is 3.17. The van der Waals surface area contributed by atoms with Crippen molar-refractivity contribution in [3.8, 4) is 0 Å². The van der Waals surface area contributed by atoms with Crippen LogP contribution in [0.5, 0.6) is 0 Å². The zero-order valence-electron chi connectivity index (χ0n) is 13.7. The molecule has 1 fully saturated rings. The molecule has 128 valence electrons. The highest BCUT2D eigenvalue weighted by molar-refractivity contribution is 6.01. The third-order valence-corrected chi connectivity index (χ3v) is 4.47. The van der Waals surface area contributed by atoms with Crippen LogP contribution in [0.3, 0.4) is 0 Å². The Morgan fingerprint density at radius 2 is 1.88 bits per heavy atom. The number of ketones is 1. The zero-order valence-corrected chi connectivity index (χ0v) is 13.7. The number of carboxylic acid groups (broad SMARTS) is 2. The van der Waals surface area contributed by atoms with E-state index in [0.717, 1.165) is 31.2 Å². The van der Waals surface area contributed by atoms with Gasteiger partial charge in [0.15, 0.2) is 5.78 Å². The van der Waals surface area contributed by atoms with Crippen LogP contribution in [0.15, 0.2) is 35.9 Å². The number of hydrogen-bond donors (Lipinski definition) is 2. The van der Waals surface area contributed by atoms with Crippen molar-refractivity contribution >= 4 is 17.7 Å². The summed E-state index contributed by atoms with van der Waals surface area (Å²) in [6, 6.07) is 6.87. The number of hydrogen-bond acceptors (Lipinski definition) is 3. The normalized spacial score (nSPS) is 16.8. The van der Waals surface area contributed by atoms with Crippen LogP contribution in [0.25, 0.3) is 0 Å². The second-order valence-corrected chi connectivity index (χ2v) is 6.36. The quantitative estimate of drug-likeness (QED) is 0.590. The molecule has 1 unspecified atom stereocenters. The first-order chi connectivity index (χ1) is 11.4. The lowest BCUT2D eigenvalue weighted by molar-refractivity contribution is -0.143. The fraction of sp³-hybridized carbons (Fsp3) is 0.421. The van der Waals surface area contributed by atoms with Crippen molar-refractivity contribution in [3.63, 3.8) is 0 Å². The number of aryl methyl sites for hydroxylation is 1. The number of Topliss-reactive ketones (excluding diaryl/α,β-unsaturated/α-hetero) is 1. The second-order valence-electron chi connectivity index (χ2n) is 6.36. The molecule has 0 aliphatic heterocycles. The van der Waals surface area contributed by atoms with Gasteiger partial charge >= 0.3 is 11.9 Å². The van der Waals surface area contributed by atoms with Crippen LogP contribution in [-0.4, -0.2) is 27.9 Å². The number of carbonyl (C=O) groups excluding carboxylic acids is 1. The van der Waals surface area contributed by atoms with Crippen LogP contribution in [-0.2, 0) is 9.59 Å². The predicted molar refractivity (Wildman–Crippen MR) is 88.9 cm³/mol. The number of allylic oxidation sites excluding steroid dienone is 1. The van der Waals surface area contributed by atoms with Gasteiger partial charge in [0, 0.05) is 17.6 Å². The summed E-state index contributed by atoms with van der Waals surface area (Å²) in [4.78, 5) is 35.6. The van der Waals surface area contributed by atoms with E-state index >= 15 is 0 Å². The zero-order chi connectivity index (χ0) is 17.7. The van der Waals surface area contributed by atoms with Crippen LogP contribution in [0.1, 0.15) is 48.0 Å². The molecular formula is C19H22O5. The minimum atomic E-state index is -1.32. The van der Waals surface area contributed by atoms with Crippen molar-refractivity contribution in [2.45, 2.75) is 39.0 Å². The van der Waals surface area contributed by atoms with Gasteiger partial charge in [-0.3, -0.25) is 9.59 Å². The van der Waals surface area contributed by atoms with Crippen LogP contribution >= 0.6 is 0 Å². The third kappa shape index (κ3) is 4.54. The van der Waals surface area contributed by atoms with Gasteiger partial charge in [-0.15, -0.1) is 0 Å². The number of benzene rings is 1. The molecule has 0 amide bonds. The molecule has 0 bridgehead atoms. The van der Waals surface area contributed by atoms with E-state index in [9.17, 15) is 24.6 Å². The molecule has 0 saturated heterocycles. The number of aliphatic carboxylic acids is 2. The van der Waals surface area contributed by atoms with E-state index < -0.39 is 17.9 Å². The Kier molecular flexibility index (Phi) is 5.90. The Morgan fingerprint density at radius 1 is 1.21 bits per heavy atom. The summed E-state index contributed by atoms with van der Waals surface area (Å²) in [6.45, 7) is 1.84. The van der Waals surface area contributed by atoms with E-state index in [2.05, 4.69) is 0 Å². The first-order valence-corrected chi connectivity index (χ1v) is 8.16. The summed E-state index contributed by atoms with van der Waals surface area (Å²) >= 11 is 0. The fourth-order valence-corrected chi connectivity index (χ4v) is 3.17. The lowest BCUT2D eigenvalue weighted by atomic mass is 9.88.